The van der Waals surface area contributed by atoms with E-state index in [4.69, 9.17) is 0 Å². The largest absolute Gasteiger partial charge is 0.389 e. The Bertz CT molecular complexity index is 1080. The first kappa shape index (κ1) is 21.4. The number of aromatic nitrogens is 2. The molecule has 3 atom stereocenters. The second-order valence-corrected chi connectivity index (χ2v) is 10.0. The number of aryl methyl sites for hydroxylation is 2. The summed E-state index contributed by atoms with van der Waals surface area (Å²) in [5.41, 5.74) is 5.73. The summed E-state index contributed by atoms with van der Waals surface area (Å²) in [6.07, 6.45) is 8.51. The Balaban J connectivity index is 1.14. The number of aromatic amines is 1. The van der Waals surface area contributed by atoms with Crippen LogP contribution in [-0.4, -0.2) is 45.7 Å². The fourth-order valence-electron chi connectivity index (χ4n) is 5.77. The smallest absolute Gasteiger partial charge is 0.107 e. The molecule has 3 aromatic rings. The normalized spacial score (nSPS) is 24.9. The molecule has 1 saturated carbocycles. The molecule has 32 heavy (non-hydrogen) atoms. The van der Waals surface area contributed by atoms with Crippen LogP contribution in [0.3, 0.4) is 0 Å². The number of benzene rings is 2. The molecule has 168 valence electrons. The van der Waals surface area contributed by atoms with Gasteiger partial charge in [-0.3, -0.25) is 0 Å². The maximum atomic E-state index is 11.5. The predicted molar refractivity (Wildman–Crippen MR) is 131 cm³/mol. The third-order valence-corrected chi connectivity index (χ3v) is 7.61. The van der Waals surface area contributed by atoms with Crippen molar-refractivity contribution in [1.29, 1.82) is 0 Å². The lowest BCUT2D eigenvalue weighted by atomic mass is 9.61. The van der Waals surface area contributed by atoms with E-state index in [0.717, 1.165) is 62.1 Å². The quantitative estimate of drug-likeness (QED) is 0.506. The third kappa shape index (κ3) is 4.39. The molecule has 0 saturated heterocycles. The minimum Gasteiger partial charge on any atom is -0.389 e. The van der Waals surface area contributed by atoms with Crippen molar-refractivity contribution in [2.24, 2.45) is 11.8 Å². The van der Waals surface area contributed by atoms with Gasteiger partial charge in [0.25, 0.3) is 0 Å². The van der Waals surface area contributed by atoms with Crippen LogP contribution in [0.25, 0.3) is 16.6 Å². The van der Waals surface area contributed by atoms with Crippen molar-refractivity contribution in [2.45, 2.75) is 51.0 Å². The van der Waals surface area contributed by atoms with Crippen LogP contribution >= 0.6 is 0 Å². The maximum Gasteiger partial charge on any atom is 0.107 e. The number of H-pyrrole nitrogens is 1. The van der Waals surface area contributed by atoms with Gasteiger partial charge in [-0.1, -0.05) is 48.0 Å². The van der Waals surface area contributed by atoms with Crippen molar-refractivity contribution in [2.75, 3.05) is 20.1 Å². The highest BCUT2D eigenvalue weighted by atomic mass is 16.3. The number of fused-ring (bicyclic) bond motifs is 3. The molecule has 0 amide bonds. The summed E-state index contributed by atoms with van der Waals surface area (Å²) in [7, 11) is 2.18. The monoisotopic (exact) mass is 429 g/mol. The summed E-state index contributed by atoms with van der Waals surface area (Å²) in [6.45, 7) is 4.12. The number of allylic oxidation sites excluding steroid dienone is 1. The number of hydrogen-bond acceptors (Lipinski definition) is 3. The second kappa shape index (κ2) is 8.84. The number of hydrogen-bond donors (Lipinski definition) is 2. The summed E-state index contributed by atoms with van der Waals surface area (Å²) in [6, 6.07) is 17.0. The molecule has 2 N–H and O–H groups in total. The van der Waals surface area contributed by atoms with E-state index >= 15 is 0 Å². The first-order chi connectivity index (χ1) is 15.5. The third-order valence-electron chi connectivity index (χ3n) is 7.61. The summed E-state index contributed by atoms with van der Waals surface area (Å²) in [4.78, 5) is 10.5. The molecule has 6 rings (SSSR count). The van der Waals surface area contributed by atoms with Crippen molar-refractivity contribution >= 4 is 16.6 Å². The fourth-order valence-corrected chi connectivity index (χ4v) is 5.77. The molecule has 3 aliphatic rings. The number of rotatable bonds is 8. The zero-order valence-corrected chi connectivity index (χ0v) is 19.3. The first-order valence-electron chi connectivity index (χ1n) is 12.1. The van der Waals surface area contributed by atoms with E-state index in [0.29, 0.717) is 5.92 Å². The van der Waals surface area contributed by atoms with E-state index in [2.05, 4.69) is 71.3 Å². The van der Waals surface area contributed by atoms with Gasteiger partial charge in [0.1, 0.15) is 5.82 Å². The van der Waals surface area contributed by atoms with Crippen LogP contribution in [0.5, 0.6) is 0 Å². The molecule has 2 bridgehead atoms. The molecule has 0 aliphatic heterocycles. The number of aliphatic hydroxyl groups is 1. The average Bonchev–Trinajstić information content (AvgIpc) is 3.21. The van der Waals surface area contributed by atoms with Crippen molar-refractivity contribution < 1.29 is 5.11 Å². The number of nitrogens with one attached hydrogen (secondary N) is 1. The molecule has 0 radical (unpaired) electrons. The Morgan fingerprint density at radius 2 is 2.00 bits per heavy atom. The van der Waals surface area contributed by atoms with Crippen molar-refractivity contribution in [3.05, 3.63) is 71.6 Å². The van der Waals surface area contributed by atoms with E-state index in [9.17, 15) is 5.11 Å². The zero-order valence-electron chi connectivity index (χ0n) is 19.3. The molecule has 0 spiro atoms. The average molecular weight is 430 g/mol. The Labute approximate surface area is 191 Å². The van der Waals surface area contributed by atoms with Gasteiger partial charge in [-0.05, 0) is 81.8 Å². The first-order valence-corrected chi connectivity index (χ1v) is 12.1. The molecule has 4 heteroatoms. The molecule has 1 unspecified atom stereocenters. The standard InChI is InChI=1S/C28H35N3O/c1-20-7-5-8-21(17-20)24-18-23-13-12-22(24)19-28(23,32)14-16-31(2)15-6-11-27-29-25-9-3-4-10-26(25)30-27/h3-5,7-10,17-18,22-23,32H,6,11-16,19H2,1-2H3,(H,29,30)/t22-,23?,28+/m0/s1. The summed E-state index contributed by atoms with van der Waals surface area (Å²) in [5.74, 6) is 1.84. The van der Waals surface area contributed by atoms with Crippen molar-refractivity contribution in [3.8, 4) is 0 Å². The van der Waals surface area contributed by atoms with Crippen molar-refractivity contribution in [3.63, 3.8) is 0 Å². The van der Waals surface area contributed by atoms with Gasteiger partial charge in [0, 0.05) is 18.9 Å². The van der Waals surface area contributed by atoms with Crippen LogP contribution in [0, 0.1) is 18.8 Å². The van der Waals surface area contributed by atoms with E-state index < -0.39 is 5.60 Å². The maximum absolute atomic E-state index is 11.5. The summed E-state index contributed by atoms with van der Waals surface area (Å²) >= 11 is 0. The molecule has 3 aliphatic carbocycles. The van der Waals surface area contributed by atoms with Gasteiger partial charge >= 0.3 is 0 Å². The van der Waals surface area contributed by atoms with Gasteiger partial charge in [-0.25, -0.2) is 4.98 Å². The summed E-state index contributed by atoms with van der Waals surface area (Å²) in [5, 5.41) is 11.5. The Morgan fingerprint density at radius 3 is 2.78 bits per heavy atom. The fraction of sp³-hybridized carbons (Fsp3) is 0.464. The SMILES string of the molecule is Cc1cccc(C2=CC3CC[C@H]2C[C@]3(O)CCN(C)CCCc2nc3ccccc3[nH]2)c1. The van der Waals surface area contributed by atoms with Crippen LogP contribution in [-0.2, 0) is 6.42 Å². The molecule has 2 aromatic carbocycles. The van der Waals surface area contributed by atoms with Crippen LogP contribution in [0.2, 0.25) is 0 Å². The highest BCUT2D eigenvalue weighted by molar-refractivity contribution is 5.74. The van der Waals surface area contributed by atoms with Crippen molar-refractivity contribution in [1.82, 2.24) is 14.9 Å². The molecule has 1 fully saturated rings. The van der Waals surface area contributed by atoms with E-state index in [1.165, 1.54) is 23.1 Å². The van der Waals surface area contributed by atoms with E-state index in [-0.39, 0.29) is 5.92 Å². The van der Waals surface area contributed by atoms with Gasteiger partial charge in [0.2, 0.25) is 0 Å². The highest BCUT2D eigenvalue weighted by Crippen LogP contribution is 2.51. The van der Waals surface area contributed by atoms with Gasteiger partial charge < -0.3 is 15.0 Å². The van der Waals surface area contributed by atoms with Crippen LogP contribution in [0.15, 0.2) is 54.6 Å². The zero-order chi connectivity index (χ0) is 22.1. The van der Waals surface area contributed by atoms with Gasteiger partial charge in [0.05, 0.1) is 16.6 Å². The minimum atomic E-state index is -0.552. The van der Waals surface area contributed by atoms with Crippen LogP contribution in [0.4, 0.5) is 0 Å². The van der Waals surface area contributed by atoms with E-state index in [1.54, 1.807) is 0 Å². The predicted octanol–water partition coefficient (Wildman–Crippen LogP) is 5.37. The summed E-state index contributed by atoms with van der Waals surface area (Å²) < 4.78 is 0. The van der Waals surface area contributed by atoms with E-state index in [1.807, 2.05) is 12.1 Å². The van der Waals surface area contributed by atoms with Gasteiger partial charge in [0.15, 0.2) is 0 Å². The Kier molecular flexibility index (Phi) is 5.92. The van der Waals surface area contributed by atoms with Crippen LogP contribution in [0.1, 0.15) is 49.1 Å². The number of nitrogens with zero attached hydrogens (tertiary/aromatic N) is 2. The molecular weight excluding hydrogens is 394 g/mol. The Hall–Kier alpha value is -2.43. The number of para-hydroxylation sites is 2. The van der Waals surface area contributed by atoms with Gasteiger partial charge in [-0.2, -0.15) is 0 Å². The minimum absolute atomic E-state index is 0.284. The lowest BCUT2D eigenvalue weighted by Gasteiger charge is -2.48. The molecular formula is C28H35N3O. The molecule has 1 heterocycles. The highest BCUT2D eigenvalue weighted by Gasteiger charge is 2.46. The van der Waals surface area contributed by atoms with Crippen LogP contribution < -0.4 is 0 Å². The second-order valence-electron chi connectivity index (χ2n) is 10.0. The molecule has 1 aromatic heterocycles. The number of imidazole rings is 1. The lowest BCUT2D eigenvalue weighted by Crippen LogP contribution is -2.48. The lowest BCUT2D eigenvalue weighted by molar-refractivity contribution is -0.0574. The van der Waals surface area contributed by atoms with Gasteiger partial charge in [-0.15, -0.1) is 0 Å². The topological polar surface area (TPSA) is 52.1 Å². The molecule has 4 nitrogen and oxygen atoms in total. The Morgan fingerprint density at radius 1 is 1.12 bits per heavy atom.